The number of benzene rings is 1. The summed E-state index contributed by atoms with van der Waals surface area (Å²) >= 11 is 0. The van der Waals surface area contributed by atoms with E-state index in [0.29, 0.717) is 30.3 Å². The van der Waals surface area contributed by atoms with Crippen LogP contribution in [0.1, 0.15) is 13.8 Å². The average molecular weight is 423 g/mol. The van der Waals surface area contributed by atoms with Crippen LogP contribution in [0.3, 0.4) is 0 Å². The van der Waals surface area contributed by atoms with E-state index in [-0.39, 0.29) is 11.4 Å². The molecule has 29 heavy (non-hydrogen) atoms. The van der Waals surface area contributed by atoms with Crippen LogP contribution in [0, 0.1) is 0 Å². The first-order valence-corrected chi connectivity index (χ1v) is 10.4. The molecule has 0 aliphatic carbocycles. The van der Waals surface area contributed by atoms with Gasteiger partial charge < -0.3 is 19.4 Å². The molecule has 0 spiro atoms. The smallest absolute Gasteiger partial charge is 0.251 e. The Balaban J connectivity index is 2.29. The summed E-state index contributed by atoms with van der Waals surface area (Å²) in [5.41, 5.74) is -0.118. The Kier molecular flexibility index (Phi) is 7.40. The van der Waals surface area contributed by atoms with Crippen LogP contribution in [-0.4, -0.2) is 50.5 Å². The van der Waals surface area contributed by atoms with E-state index < -0.39 is 21.5 Å². The zero-order valence-corrected chi connectivity index (χ0v) is 17.7. The number of aromatic nitrogens is 1. The molecule has 0 aliphatic rings. The molecule has 0 saturated heterocycles. The molecule has 0 radical (unpaired) electrons. The lowest BCUT2D eigenvalue weighted by Crippen LogP contribution is -2.33. The predicted molar refractivity (Wildman–Crippen MR) is 109 cm³/mol. The lowest BCUT2D eigenvalue weighted by Gasteiger charge is -2.19. The minimum Gasteiger partial charge on any atom is -0.497 e. The number of rotatable bonds is 9. The summed E-state index contributed by atoms with van der Waals surface area (Å²) in [4.78, 5) is 24.6. The number of amides is 1. The molecule has 158 valence electrons. The van der Waals surface area contributed by atoms with Crippen LogP contribution in [0.2, 0.25) is 0 Å². The van der Waals surface area contributed by atoms with Crippen LogP contribution >= 0.6 is 0 Å². The van der Waals surface area contributed by atoms with Gasteiger partial charge in [-0.2, -0.15) is 4.31 Å². The van der Waals surface area contributed by atoms with Gasteiger partial charge in [-0.3, -0.25) is 9.59 Å². The van der Waals surface area contributed by atoms with Crippen LogP contribution in [0.25, 0.3) is 0 Å². The van der Waals surface area contributed by atoms with Crippen LogP contribution < -0.4 is 20.3 Å². The van der Waals surface area contributed by atoms with Crippen molar-refractivity contribution in [3.8, 4) is 11.5 Å². The van der Waals surface area contributed by atoms with Crippen molar-refractivity contribution in [1.82, 2.24) is 8.87 Å². The van der Waals surface area contributed by atoms with Crippen molar-refractivity contribution in [1.29, 1.82) is 0 Å². The fourth-order valence-corrected chi connectivity index (χ4v) is 4.23. The first kappa shape index (κ1) is 22.4. The van der Waals surface area contributed by atoms with Crippen LogP contribution in [-0.2, 0) is 21.4 Å². The van der Waals surface area contributed by atoms with E-state index in [2.05, 4.69) is 5.32 Å². The summed E-state index contributed by atoms with van der Waals surface area (Å²) in [7, 11) is -0.793. The van der Waals surface area contributed by atoms with Crippen molar-refractivity contribution >= 4 is 21.6 Å². The van der Waals surface area contributed by atoms with E-state index in [1.807, 2.05) is 0 Å². The second kappa shape index (κ2) is 9.57. The van der Waals surface area contributed by atoms with Crippen molar-refractivity contribution in [2.45, 2.75) is 25.3 Å². The average Bonchev–Trinajstić information content (AvgIpc) is 2.70. The molecular formula is C19H25N3O6S. The molecular weight excluding hydrogens is 398 g/mol. The number of sulfonamides is 1. The molecule has 0 fully saturated rings. The van der Waals surface area contributed by atoms with Crippen molar-refractivity contribution in [3.63, 3.8) is 0 Å². The van der Waals surface area contributed by atoms with Crippen molar-refractivity contribution in [3.05, 3.63) is 46.9 Å². The van der Waals surface area contributed by atoms with Gasteiger partial charge in [0.15, 0.2) is 0 Å². The maximum atomic E-state index is 12.7. The Morgan fingerprint density at radius 3 is 2.38 bits per heavy atom. The number of carbonyl (C=O) groups is 1. The third kappa shape index (κ3) is 5.15. The number of ether oxygens (including phenoxy) is 2. The molecule has 1 heterocycles. The highest BCUT2D eigenvalue weighted by Crippen LogP contribution is 2.28. The van der Waals surface area contributed by atoms with Gasteiger partial charge in [0.1, 0.15) is 18.0 Å². The summed E-state index contributed by atoms with van der Waals surface area (Å²) in [6.45, 7) is 3.70. The standard InChI is InChI=1S/C19H25N3O6S/c1-5-22(6-2)29(25,26)15-8-10-19(24)21(12-15)13-18(23)20-16-11-14(27-3)7-9-17(16)28-4/h7-12H,5-6,13H2,1-4H3,(H,20,23). The fraction of sp³-hybridized carbons (Fsp3) is 0.368. The van der Waals surface area contributed by atoms with Gasteiger partial charge in [0.05, 0.1) is 24.8 Å². The van der Waals surface area contributed by atoms with Crippen LogP contribution in [0.4, 0.5) is 5.69 Å². The number of carbonyl (C=O) groups excluding carboxylic acids is 1. The minimum atomic E-state index is -3.75. The maximum Gasteiger partial charge on any atom is 0.251 e. The van der Waals surface area contributed by atoms with E-state index in [9.17, 15) is 18.0 Å². The number of hydrogen-bond acceptors (Lipinski definition) is 6. The SMILES string of the molecule is CCN(CC)S(=O)(=O)c1ccc(=O)n(CC(=O)Nc2cc(OC)ccc2OC)c1. The topological polar surface area (TPSA) is 107 Å². The van der Waals surface area contributed by atoms with Crippen molar-refractivity contribution < 1.29 is 22.7 Å². The summed E-state index contributed by atoms with van der Waals surface area (Å²) in [6.07, 6.45) is 1.18. The first-order chi connectivity index (χ1) is 13.8. The zero-order valence-electron chi connectivity index (χ0n) is 16.8. The first-order valence-electron chi connectivity index (χ1n) is 8.99. The quantitative estimate of drug-likeness (QED) is 0.656. The molecule has 0 unspecified atom stereocenters. The highest BCUT2D eigenvalue weighted by Gasteiger charge is 2.22. The van der Waals surface area contributed by atoms with E-state index in [1.165, 1.54) is 30.8 Å². The Morgan fingerprint density at radius 2 is 1.79 bits per heavy atom. The monoisotopic (exact) mass is 423 g/mol. The lowest BCUT2D eigenvalue weighted by molar-refractivity contribution is -0.116. The highest BCUT2D eigenvalue weighted by molar-refractivity contribution is 7.89. The van der Waals surface area contributed by atoms with Gasteiger partial charge in [0, 0.05) is 31.4 Å². The molecule has 0 atom stereocenters. The molecule has 10 heteroatoms. The molecule has 1 aromatic heterocycles. The molecule has 1 aromatic carbocycles. The van der Waals surface area contributed by atoms with E-state index in [4.69, 9.17) is 9.47 Å². The third-order valence-electron chi connectivity index (χ3n) is 4.29. The summed E-state index contributed by atoms with van der Waals surface area (Å²) in [6, 6.07) is 7.28. The molecule has 0 aliphatic heterocycles. The Morgan fingerprint density at radius 1 is 1.10 bits per heavy atom. The number of methoxy groups -OCH3 is 2. The maximum absolute atomic E-state index is 12.7. The molecule has 0 bridgehead atoms. The van der Waals surface area contributed by atoms with Crippen LogP contribution in [0.5, 0.6) is 11.5 Å². The molecule has 2 rings (SSSR count). The molecule has 1 amide bonds. The van der Waals surface area contributed by atoms with Gasteiger partial charge in [-0.05, 0) is 18.2 Å². The third-order valence-corrected chi connectivity index (χ3v) is 6.33. The Hall–Kier alpha value is -2.85. The molecule has 2 aromatic rings. The summed E-state index contributed by atoms with van der Waals surface area (Å²) in [5, 5.41) is 2.65. The second-order valence-electron chi connectivity index (χ2n) is 6.03. The molecule has 1 N–H and O–H groups in total. The number of hydrogen-bond donors (Lipinski definition) is 1. The molecule has 0 saturated carbocycles. The zero-order chi connectivity index (χ0) is 21.6. The normalized spacial score (nSPS) is 11.3. The largest absolute Gasteiger partial charge is 0.497 e. The lowest BCUT2D eigenvalue weighted by atomic mass is 10.2. The van der Waals surface area contributed by atoms with Gasteiger partial charge >= 0.3 is 0 Å². The second-order valence-corrected chi connectivity index (χ2v) is 7.97. The van der Waals surface area contributed by atoms with Gasteiger partial charge in [0.25, 0.3) is 5.56 Å². The van der Waals surface area contributed by atoms with Crippen molar-refractivity contribution in [2.24, 2.45) is 0 Å². The summed E-state index contributed by atoms with van der Waals surface area (Å²) in [5.74, 6) is 0.422. The Bertz CT molecular complexity index is 1030. The molecule has 9 nitrogen and oxygen atoms in total. The van der Waals surface area contributed by atoms with E-state index in [0.717, 1.165) is 10.6 Å². The number of anilines is 1. The van der Waals surface area contributed by atoms with Crippen molar-refractivity contribution in [2.75, 3.05) is 32.6 Å². The number of nitrogens with one attached hydrogen (secondary N) is 1. The van der Waals surface area contributed by atoms with Gasteiger partial charge in [-0.1, -0.05) is 13.8 Å². The van der Waals surface area contributed by atoms with Gasteiger partial charge in [0.2, 0.25) is 15.9 Å². The predicted octanol–water partition coefficient (Wildman–Crippen LogP) is 1.53. The van der Waals surface area contributed by atoms with E-state index in [1.54, 1.807) is 32.0 Å². The van der Waals surface area contributed by atoms with Gasteiger partial charge in [-0.25, -0.2) is 8.42 Å². The fourth-order valence-electron chi connectivity index (χ4n) is 2.75. The number of pyridine rings is 1. The minimum absolute atomic E-state index is 0.0486. The number of nitrogens with zero attached hydrogens (tertiary/aromatic N) is 2. The van der Waals surface area contributed by atoms with Crippen LogP contribution in [0.15, 0.2) is 46.2 Å². The summed E-state index contributed by atoms with van der Waals surface area (Å²) < 4.78 is 38.0. The van der Waals surface area contributed by atoms with E-state index >= 15 is 0 Å². The van der Waals surface area contributed by atoms with Gasteiger partial charge in [-0.15, -0.1) is 0 Å². The highest BCUT2D eigenvalue weighted by atomic mass is 32.2. The Labute approximate surface area is 169 Å².